The number of rotatable bonds is 9. The third-order valence-electron chi connectivity index (χ3n) is 3.69. The second-order valence-electron chi connectivity index (χ2n) is 7.16. The van der Waals surface area contributed by atoms with Gasteiger partial charge in [0, 0.05) is 23.1 Å². The van der Waals surface area contributed by atoms with Crippen molar-refractivity contribution < 1.29 is 9.63 Å². The Hall–Kier alpha value is -1.59. The van der Waals surface area contributed by atoms with Crippen LogP contribution in [0.1, 0.15) is 46.1 Å². The summed E-state index contributed by atoms with van der Waals surface area (Å²) in [5.74, 6) is 1.72. The molecule has 1 unspecified atom stereocenters. The Labute approximate surface area is 154 Å². The van der Waals surface area contributed by atoms with E-state index >= 15 is 0 Å². The third-order valence-corrected chi connectivity index (χ3v) is 4.85. The summed E-state index contributed by atoms with van der Waals surface area (Å²) in [5, 5.41) is 2.66. The Morgan fingerprint density at radius 1 is 1.32 bits per heavy atom. The quantitative estimate of drug-likeness (QED) is 0.475. The first-order valence-electron chi connectivity index (χ1n) is 8.77. The first-order chi connectivity index (χ1) is 11.9. The molecule has 1 atom stereocenters. The number of thioether (sulfide) groups is 1. The number of carbonyl (C=O) groups is 1. The molecule has 1 amide bonds. The van der Waals surface area contributed by atoms with Crippen LogP contribution in [0, 0.1) is 0 Å². The van der Waals surface area contributed by atoms with Gasteiger partial charge in [0.1, 0.15) is 0 Å². The van der Waals surface area contributed by atoms with E-state index in [1.54, 1.807) is 0 Å². The molecule has 1 heterocycles. The number of carbonyl (C=O) groups excluding carboxylic acids is 1. The monoisotopic (exact) mass is 360 g/mol. The molecule has 2 aromatic rings. The van der Waals surface area contributed by atoms with Gasteiger partial charge < -0.3 is 0 Å². The smallest absolute Gasteiger partial charge is 0.233 e. The number of amides is 1. The Kier molecular flexibility index (Phi) is 7.26. The molecule has 0 N–H and O–H groups in total. The van der Waals surface area contributed by atoms with E-state index in [0.717, 1.165) is 41.7 Å². The molecule has 0 radical (unpaired) electrons. The van der Waals surface area contributed by atoms with Gasteiger partial charge in [-0.3, -0.25) is 14.6 Å². The van der Waals surface area contributed by atoms with Crippen LogP contribution in [-0.2, 0) is 15.4 Å². The number of hydrogen-bond donors (Lipinski definition) is 0. The van der Waals surface area contributed by atoms with Gasteiger partial charge >= 0.3 is 0 Å². The van der Waals surface area contributed by atoms with Crippen LogP contribution >= 0.6 is 11.8 Å². The molecule has 0 aliphatic carbocycles. The lowest BCUT2D eigenvalue weighted by Gasteiger charge is -2.32. The van der Waals surface area contributed by atoms with E-state index in [1.165, 1.54) is 10.6 Å². The van der Waals surface area contributed by atoms with E-state index in [2.05, 4.69) is 24.0 Å². The van der Waals surface area contributed by atoms with Crippen molar-refractivity contribution in [1.29, 1.82) is 0 Å². The van der Waals surface area contributed by atoms with Gasteiger partial charge in [-0.1, -0.05) is 31.5 Å². The zero-order valence-electron chi connectivity index (χ0n) is 15.6. The van der Waals surface area contributed by atoms with Crippen LogP contribution < -0.4 is 0 Å². The largest absolute Gasteiger partial charge is 0.276 e. The van der Waals surface area contributed by atoms with Crippen LogP contribution in [0.25, 0.3) is 10.9 Å². The number of para-hydroxylation sites is 1. The Balaban J connectivity index is 1.96. The van der Waals surface area contributed by atoms with Crippen molar-refractivity contribution in [3.05, 3.63) is 42.1 Å². The minimum atomic E-state index is -0.375. The Bertz CT molecular complexity index is 685. The van der Waals surface area contributed by atoms with Gasteiger partial charge in [0.15, 0.2) is 0 Å². The van der Waals surface area contributed by atoms with Gasteiger partial charge in [-0.2, -0.15) is 11.8 Å². The molecular formula is C20H28N2O2S. The Morgan fingerprint density at radius 3 is 2.76 bits per heavy atom. The van der Waals surface area contributed by atoms with Gasteiger partial charge in [0.2, 0.25) is 6.41 Å². The molecule has 0 fully saturated rings. The second-order valence-corrected chi connectivity index (χ2v) is 8.19. The summed E-state index contributed by atoms with van der Waals surface area (Å²) in [6.45, 7) is 8.01. The van der Waals surface area contributed by atoms with Crippen molar-refractivity contribution in [2.24, 2.45) is 0 Å². The van der Waals surface area contributed by atoms with Gasteiger partial charge in [-0.25, -0.2) is 5.06 Å². The minimum Gasteiger partial charge on any atom is -0.276 e. The number of hydroxylamine groups is 2. The van der Waals surface area contributed by atoms with Gasteiger partial charge in [-0.15, -0.1) is 0 Å². The van der Waals surface area contributed by atoms with Crippen molar-refractivity contribution in [2.75, 3.05) is 5.75 Å². The van der Waals surface area contributed by atoms with Crippen LogP contribution in [0.5, 0.6) is 0 Å². The lowest BCUT2D eigenvalue weighted by molar-refractivity contribution is -0.230. The van der Waals surface area contributed by atoms with Gasteiger partial charge in [0.25, 0.3) is 0 Å². The highest BCUT2D eigenvalue weighted by Crippen LogP contribution is 2.22. The molecule has 0 aliphatic rings. The van der Waals surface area contributed by atoms with E-state index in [9.17, 15) is 4.79 Å². The maximum absolute atomic E-state index is 11.5. The fourth-order valence-electron chi connectivity index (χ4n) is 2.62. The van der Waals surface area contributed by atoms with Crippen molar-refractivity contribution in [1.82, 2.24) is 10.0 Å². The summed E-state index contributed by atoms with van der Waals surface area (Å²) < 4.78 is 0. The molecule has 136 valence electrons. The molecule has 0 spiro atoms. The zero-order chi connectivity index (χ0) is 18.3. The number of aromatic nitrogens is 1. The molecule has 1 aromatic carbocycles. The van der Waals surface area contributed by atoms with Crippen molar-refractivity contribution in [3.8, 4) is 0 Å². The highest BCUT2D eigenvalue weighted by atomic mass is 32.2. The molecule has 5 heteroatoms. The average Bonchev–Trinajstić information content (AvgIpc) is 2.58. The molecule has 2 rings (SSSR count). The lowest BCUT2D eigenvalue weighted by Crippen LogP contribution is -2.41. The van der Waals surface area contributed by atoms with Gasteiger partial charge in [0.05, 0.1) is 17.2 Å². The van der Waals surface area contributed by atoms with Crippen molar-refractivity contribution in [2.45, 2.75) is 57.9 Å². The fraction of sp³-hybridized carbons (Fsp3) is 0.500. The second kappa shape index (κ2) is 9.20. The SMILES string of the molecule is CCCC(CSCc1cnc2ccccc2c1)N(C=O)OC(C)(C)C. The highest BCUT2D eigenvalue weighted by molar-refractivity contribution is 7.98. The topological polar surface area (TPSA) is 42.4 Å². The first kappa shape index (κ1) is 19.7. The van der Waals surface area contributed by atoms with E-state index in [1.807, 2.05) is 56.9 Å². The average molecular weight is 361 g/mol. The molecule has 0 bridgehead atoms. The number of hydrogen-bond acceptors (Lipinski definition) is 4. The maximum atomic E-state index is 11.5. The van der Waals surface area contributed by atoms with E-state index in [-0.39, 0.29) is 11.6 Å². The predicted octanol–water partition coefficient (Wildman–Crippen LogP) is 4.83. The third kappa shape index (κ3) is 6.33. The number of pyridine rings is 1. The summed E-state index contributed by atoms with van der Waals surface area (Å²) in [4.78, 5) is 21.8. The molecule has 0 saturated carbocycles. The number of fused-ring (bicyclic) bond motifs is 1. The highest BCUT2D eigenvalue weighted by Gasteiger charge is 2.23. The number of benzene rings is 1. The van der Waals surface area contributed by atoms with Gasteiger partial charge in [-0.05, 0) is 44.9 Å². The summed E-state index contributed by atoms with van der Waals surface area (Å²) in [7, 11) is 0. The molecular weight excluding hydrogens is 332 g/mol. The molecule has 1 aromatic heterocycles. The van der Waals surface area contributed by atoms with Crippen molar-refractivity contribution in [3.63, 3.8) is 0 Å². The molecule has 0 saturated heterocycles. The lowest BCUT2D eigenvalue weighted by atomic mass is 10.2. The van der Waals surface area contributed by atoms with Crippen LogP contribution in [0.2, 0.25) is 0 Å². The summed E-state index contributed by atoms with van der Waals surface area (Å²) in [6, 6.07) is 10.4. The summed E-state index contributed by atoms with van der Waals surface area (Å²) in [5.41, 5.74) is 1.85. The van der Waals surface area contributed by atoms with E-state index < -0.39 is 0 Å². The van der Waals surface area contributed by atoms with Crippen LogP contribution in [0.4, 0.5) is 0 Å². The number of nitrogens with zero attached hydrogens (tertiary/aromatic N) is 2. The minimum absolute atomic E-state index is 0.0835. The van der Waals surface area contributed by atoms with Crippen LogP contribution in [0.15, 0.2) is 36.5 Å². The van der Waals surface area contributed by atoms with E-state index in [4.69, 9.17) is 4.84 Å². The summed E-state index contributed by atoms with van der Waals surface area (Å²) >= 11 is 1.81. The Morgan fingerprint density at radius 2 is 2.08 bits per heavy atom. The zero-order valence-corrected chi connectivity index (χ0v) is 16.4. The first-order valence-corrected chi connectivity index (χ1v) is 9.92. The van der Waals surface area contributed by atoms with Crippen LogP contribution in [-0.4, -0.2) is 33.9 Å². The van der Waals surface area contributed by atoms with Crippen molar-refractivity contribution >= 4 is 29.1 Å². The summed E-state index contributed by atoms with van der Waals surface area (Å²) in [6.07, 6.45) is 4.69. The predicted molar refractivity (Wildman–Crippen MR) is 105 cm³/mol. The van der Waals surface area contributed by atoms with Crippen LogP contribution in [0.3, 0.4) is 0 Å². The molecule has 0 aliphatic heterocycles. The normalized spacial score (nSPS) is 13.0. The maximum Gasteiger partial charge on any atom is 0.233 e. The van der Waals surface area contributed by atoms with E-state index in [0.29, 0.717) is 0 Å². The molecule has 4 nitrogen and oxygen atoms in total. The fourth-order valence-corrected chi connectivity index (χ4v) is 3.72. The molecule has 25 heavy (non-hydrogen) atoms. The standard InChI is InChI=1S/C20H28N2O2S/c1-5-8-18(22(15-23)24-20(2,3)4)14-25-13-16-11-17-9-6-7-10-19(17)21-12-16/h6-7,9-12,15,18H,5,8,13-14H2,1-4H3.